The highest BCUT2D eigenvalue weighted by molar-refractivity contribution is 7.98. The minimum absolute atomic E-state index is 0.431. The summed E-state index contributed by atoms with van der Waals surface area (Å²) in [6.45, 7) is 0. The first-order valence-corrected chi connectivity index (χ1v) is 6.37. The summed E-state index contributed by atoms with van der Waals surface area (Å²) in [7, 11) is 0. The second-order valence-corrected chi connectivity index (χ2v) is 4.68. The van der Waals surface area contributed by atoms with Crippen molar-refractivity contribution in [3.8, 4) is 11.5 Å². The second-order valence-electron chi connectivity index (χ2n) is 3.71. The summed E-state index contributed by atoms with van der Waals surface area (Å²) < 4.78 is 0.884. The molecule has 0 atom stereocenters. The third-order valence-electron chi connectivity index (χ3n) is 2.50. The van der Waals surface area contributed by atoms with E-state index >= 15 is 0 Å². The molecule has 90 valence electrons. The van der Waals surface area contributed by atoms with Crippen molar-refractivity contribution in [3.05, 3.63) is 48.5 Å². The summed E-state index contributed by atoms with van der Waals surface area (Å²) in [5.41, 5.74) is 1.85. The molecule has 2 aliphatic heterocycles. The van der Waals surface area contributed by atoms with Crippen LogP contribution in [0.2, 0.25) is 0 Å². The van der Waals surface area contributed by atoms with Gasteiger partial charge < -0.3 is 5.21 Å². The van der Waals surface area contributed by atoms with Gasteiger partial charge >= 0.3 is 0 Å². The van der Waals surface area contributed by atoms with Gasteiger partial charge in [-0.05, 0) is 5.56 Å². The van der Waals surface area contributed by atoms with E-state index in [2.05, 4.69) is 27.1 Å². The van der Waals surface area contributed by atoms with Crippen LogP contribution in [-0.2, 0) is 5.75 Å². The van der Waals surface area contributed by atoms with Gasteiger partial charge in [0.2, 0.25) is 0 Å². The van der Waals surface area contributed by atoms with E-state index in [4.69, 9.17) is 0 Å². The lowest BCUT2D eigenvalue weighted by molar-refractivity contribution is 0.181. The fraction of sp³-hybridized carbons (Fsp3) is 0.0833. The van der Waals surface area contributed by atoms with Gasteiger partial charge in [0.25, 0.3) is 0 Å². The molecule has 0 amide bonds. The van der Waals surface area contributed by atoms with Crippen molar-refractivity contribution < 1.29 is 5.21 Å². The fourth-order valence-corrected chi connectivity index (χ4v) is 2.53. The summed E-state index contributed by atoms with van der Waals surface area (Å²) in [6.07, 6.45) is 2.76. The molecule has 2 heterocycles. The standard InChI is InChI=1S/C12H10N4OS/c17-16-8-15-12(10-11(16)14-7-13-10)18-6-9-4-2-1-3-5-9/h1-5,7-8,17H,6H2. The van der Waals surface area contributed by atoms with Gasteiger partial charge in [0.05, 0.1) is 0 Å². The summed E-state index contributed by atoms with van der Waals surface area (Å²) in [4.78, 5) is 12.3. The number of rotatable bonds is 3. The van der Waals surface area contributed by atoms with E-state index in [0.29, 0.717) is 11.5 Å². The molecule has 2 aliphatic rings. The molecule has 0 aliphatic carbocycles. The number of imidazole rings is 1. The van der Waals surface area contributed by atoms with Gasteiger partial charge in [0.1, 0.15) is 23.4 Å². The number of hydrogen-bond acceptors (Lipinski definition) is 5. The topological polar surface area (TPSA) is 63.8 Å². The Balaban J connectivity index is 1.84. The van der Waals surface area contributed by atoms with Gasteiger partial charge in [-0.3, -0.25) is 0 Å². The lowest BCUT2D eigenvalue weighted by Crippen LogP contribution is -2.02. The Morgan fingerprint density at radius 3 is 2.78 bits per heavy atom. The minimum atomic E-state index is 0.431. The Hall–Kier alpha value is -2.08. The second kappa shape index (κ2) is 4.66. The van der Waals surface area contributed by atoms with Crippen molar-refractivity contribution in [1.29, 1.82) is 0 Å². The quantitative estimate of drug-likeness (QED) is 0.443. The number of hydrogen-bond donors (Lipinski definition) is 1. The van der Waals surface area contributed by atoms with Gasteiger partial charge in [-0.25, -0.2) is 15.0 Å². The first-order valence-electron chi connectivity index (χ1n) is 5.38. The van der Waals surface area contributed by atoms with Crippen molar-refractivity contribution >= 4 is 11.8 Å². The normalized spacial score (nSPS) is 10.9. The zero-order chi connectivity index (χ0) is 12.4. The summed E-state index contributed by atoms with van der Waals surface area (Å²) in [5.74, 6) is 1.24. The Labute approximate surface area is 108 Å². The molecule has 0 radical (unpaired) electrons. The zero-order valence-electron chi connectivity index (χ0n) is 9.39. The maximum absolute atomic E-state index is 9.51. The Kier molecular flexibility index (Phi) is 2.85. The van der Waals surface area contributed by atoms with Crippen LogP contribution in [0.1, 0.15) is 5.56 Å². The van der Waals surface area contributed by atoms with Crippen LogP contribution in [0.15, 0.2) is 48.0 Å². The summed E-state index contributed by atoms with van der Waals surface area (Å²) >= 11 is 1.58. The smallest absolute Gasteiger partial charge is 0.199 e. The average molecular weight is 258 g/mol. The lowest BCUT2D eigenvalue weighted by atomic mass is 10.2. The highest BCUT2D eigenvalue weighted by Gasteiger charge is 2.16. The molecule has 1 N–H and O–H groups in total. The zero-order valence-corrected chi connectivity index (χ0v) is 10.2. The molecule has 5 nitrogen and oxygen atoms in total. The molecule has 1 aromatic rings. The van der Waals surface area contributed by atoms with Crippen molar-refractivity contribution in [1.82, 2.24) is 19.7 Å². The molecule has 0 spiro atoms. The third-order valence-corrected chi connectivity index (χ3v) is 3.55. The Morgan fingerprint density at radius 1 is 1.11 bits per heavy atom. The molecule has 3 rings (SSSR count). The molecule has 0 saturated carbocycles. The van der Waals surface area contributed by atoms with Crippen LogP contribution in [0.25, 0.3) is 11.5 Å². The predicted molar refractivity (Wildman–Crippen MR) is 67.6 cm³/mol. The first-order chi connectivity index (χ1) is 8.84. The molecule has 0 fully saturated rings. The molecule has 18 heavy (non-hydrogen) atoms. The van der Waals surface area contributed by atoms with Crippen molar-refractivity contribution in [2.24, 2.45) is 0 Å². The highest BCUT2D eigenvalue weighted by Crippen LogP contribution is 2.29. The average Bonchev–Trinajstić information content (AvgIpc) is 2.90. The molecule has 0 saturated heterocycles. The van der Waals surface area contributed by atoms with Gasteiger partial charge in [0, 0.05) is 5.75 Å². The summed E-state index contributed by atoms with van der Waals surface area (Å²) in [6, 6.07) is 10.1. The van der Waals surface area contributed by atoms with E-state index in [1.165, 1.54) is 18.2 Å². The van der Waals surface area contributed by atoms with Gasteiger partial charge in [0.15, 0.2) is 5.82 Å². The van der Waals surface area contributed by atoms with Gasteiger partial charge in [-0.15, -0.1) is 0 Å². The third kappa shape index (κ3) is 2.02. The molecule has 1 aromatic carbocycles. The predicted octanol–water partition coefficient (Wildman–Crippen LogP) is 2.31. The summed E-state index contributed by atoms with van der Waals surface area (Å²) in [5, 5.41) is 10.3. The monoisotopic (exact) mass is 258 g/mol. The molecule has 0 unspecified atom stereocenters. The maximum atomic E-state index is 9.51. The number of fused-ring (bicyclic) bond motifs is 1. The van der Waals surface area contributed by atoms with E-state index < -0.39 is 0 Å². The van der Waals surface area contributed by atoms with Crippen LogP contribution >= 0.6 is 11.8 Å². The molecule has 0 bridgehead atoms. The van der Waals surface area contributed by atoms with E-state index in [1.54, 1.807) is 11.8 Å². The largest absolute Gasteiger partial charge is 0.425 e. The van der Waals surface area contributed by atoms with Crippen LogP contribution in [-0.4, -0.2) is 24.9 Å². The number of thioether (sulfide) groups is 1. The lowest BCUT2D eigenvalue weighted by Gasteiger charge is -2.07. The van der Waals surface area contributed by atoms with Crippen molar-refractivity contribution in [2.75, 3.05) is 0 Å². The Bertz CT molecular complexity index is 625. The van der Waals surface area contributed by atoms with Crippen LogP contribution in [0.4, 0.5) is 0 Å². The number of nitrogens with zero attached hydrogens (tertiary/aromatic N) is 4. The van der Waals surface area contributed by atoms with Crippen LogP contribution in [0, 0.1) is 0 Å². The van der Waals surface area contributed by atoms with E-state index in [0.717, 1.165) is 15.5 Å². The molecular formula is C12H10N4OS. The van der Waals surface area contributed by atoms with Gasteiger partial charge in [-0.1, -0.05) is 42.1 Å². The van der Waals surface area contributed by atoms with Crippen LogP contribution < -0.4 is 0 Å². The van der Waals surface area contributed by atoms with E-state index in [1.807, 2.05) is 18.2 Å². The maximum Gasteiger partial charge on any atom is 0.199 e. The fourth-order valence-electron chi connectivity index (χ4n) is 1.63. The SMILES string of the molecule is On1cnc(SCc2ccccc2)c2ncnc1-2. The Morgan fingerprint density at radius 2 is 1.94 bits per heavy atom. The van der Waals surface area contributed by atoms with Crippen molar-refractivity contribution in [2.45, 2.75) is 10.8 Å². The molecule has 6 heteroatoms. The van der Waals surface area contributed by atoms with E-state index in [-0.39, 0.29) is 0 Å². The van der Waals surface area contributed by atoms with E-state index in [9.17, 15) is 5.21 Å². The van der Waals surface area contributed by atoms with Crippen LogP contribution in [0.3, 0.4) is 0 Å². The van der Waals surface area contributed by atoms with Gasteiger partial charge in [-0.2, -0.15) is 4.73 Å². The molecule has 0 aromatic heterocycles. The van der Waals surface area contributed by atoms with Crippen molar-refractivity contribution in [3.63, 3.8) is 0 Å². The molecular weight excluding hydrogens is 248 g/mol. The van der Waals surface area contributed by atoms with Crippen LogP contribution in [0.5, 0.6) is 0 Å². The minimum Gasteiger partial charge on any atom is -0.425 e. The first kappa shape index (κ1) is 11.0. The number of aromatic nitrogens is 4. The highest BCUT2D eigenvalue weighted by atomic mass is 32.2. The number of benzene rings is 1.